The van der Waals surface area contributed by atoms with Crippen LogP contribution in [-0.4, -0.2) is 24.8 Å². The Bertz CT molecular complexity index is 1060. The Morgan fingerprint density at radius 3 is 2.03 bits per heavy atom. The highest BCUT2D eigenvalue weighted by atomic mass is 79.9. The first-order chi connectivity index (χ1) is 15.1. The van der Waals surface area contributed by atoms with E-state index in [0.717, 1.165) is 6.07 Å². The molecule has 0 saturated heterocycles. The van der Waals surface area contributed by atoms with E-state index in [1.165, 1.54) is 12.1 Å². The van der Waals surface area contributed by atoms with Crippen molar-refractivity contribution in [2.75, 3.05) is 17.2 Å². The lowest BCUT2D eigenvalue weighted by atomic mass is 9.94. The SMILES string of the molecule is N#CCCNc1cccc(C(=O)Nc2c(Br)cc(C(F)(C(F)(F)F)C(F)(F)F)cc2Br)c1F. The van der Waals surface area contributed by atoms with Gasteiger partial charge in [-0.1, -0.05) is 6.07 Å². The van der Waals surface area contributed by atoms with Gasteiger partial charge in [-0.2, -0.15) is 31.6 Å². The third-order valence-corrected chi connectivity index (χ3v) is 5.51. The summed E-state index contributed by atoms with van der Waals surface area (Å²) in [6, 6.07) is 5.95. The molecular formula is C19H11Br2F8N3O. The van der Waals surface area contributed by atoms with Crippen LogP contribution in [-0.2, 0) is 5.67 Å². The van der Waals surface area contributed by atoms with Crippen LogP contribution in [0.3, 0.4) is 0 Å². The minimum atomic E-state index is -6.32. The van der Waals surface area contributed by atoms with Gasteiger partial charge in [-0.25, -0.2) is 8.78 Å². The molecule has 0 saturated carbocycles. The molecule has 0 bridgehead atoms. The average Bonchev–Trinajstić information content (AvgIpc) is 2.69. The van der Waals surface area contributed by atoms with Crippen molar-refractivity contribution in [1.82, 2.24) is 0 Å². The molecule has 4 nitrogen and oxygen atoms in total. The van der Waals surface area contributed by atoms with E-state index in [0.29, 0.717) is 0 Å². The molecule has 2 aromatic rings. The zero-order valence-electron chi connectivity index (χ0n) is 15.9. The molecule has 2 rings (SSSR count). The number of benzene rings is 2. The molecule has 0 atom stereocenters. The van der Waals surface area contributed by atoms with E-state index in [1.54, 1.807) is 0 Å². The first-order valence-electron chi connectivity index (χ1n) is 8.67. The van der Waals surface area contributed by atoms with Crippen molar-refractivity contribution >= 4 is 49.1 Å². The summed E-state index contributed by atoms with van der Waals surface area (Å²) in [6.07, 6.45) is -12.6. The van der Waals surface area contributed by atoms with Gasteiger partial charge in [0.05, 0.1) is 29.4 Å². The summed E-state index contributed by atoms with van der Waals surface area (Å²) < 4.78 is 106. The number of nitrogens with zero attached hydrogens (tertiary/aromatic N) is 1. The third-order valence-electron chi connectivity index (χ3n) is 4.26. The molecule has 0 aliphatic rings. The highest BCUT2D eigenvalue weighted by Crippen LogP contribution is 2.54. The van der Waals surface area contributed by atoms with Crippen molar-refractivity contribution in [3.8, 4) is 6.07 Å². The summed E-state index contributed by atoms with van der Waals surface area (Å²) in [5.41, 5.74) is -8.44. The second-order valence-electron chi connectivity index (χ2n) is 6.43. The molecule has 2 N–H and O–H groups in total. The van der Waals surface area contributed by atoms with Crippen LogP contribution in [0.2, 0.25) is 0 Å². The minimum Gasteiger partial charge on any atom is -0.382 e. The van der Waals surface area contributed by atoms with Crippen LogP contribution in [0.15, 0.2) is 39.3 Å². The number of rotatable bonds is 6. The van der Waals surface area contributed by atoms with Gasteiger partial charge in [0.25, 0.3) is 5.91 Å². The first kappa shape index (κ1) is 26.8. The molecule has 14 heteroatoms. The highest BCUT2D eigenvalue weighted by molar-refractivity contribution is 9.11. The van der Waals surface area contributed by atoms with Crippen LogP contribution < -0.4 is 10.6 Å². The van der Waals surface area contributed by atoms with Gasteiger partial charge in [0, 0.05) is 21.1 Å². The molecule has 178 valence electrons. The highest BCUT2D eigenvalue weighted by Gasteiger charge is 2.73. The Kier molecular flexibility index (Phi) is 8.01. The molecule has 0 fully saturated rings. The van der Waals surface area contributed by atoms with Crippen molar-refractivity contribution in [2.45, 2.75) is 24.4 Å². The van der Waals surface area contributed by atoms with Crippen LogP contribution in [0.4, 0.5) is 46.5 Å². The van der Waals surface area contributed by atoms with E-state index in [1.807, 2.05) is 6.07 Å². The predicted molar refractivity (Wildman–Crippen MR) is 110 cm³/mol. The van der Waals surface area contributed by atoms with E-state index in [4.69, 9.17) is 5.26 Å². The van der Waals surface area contributed by atoms with E-state index < -0.39 is 49.8 Å². The Labute approximate surface area is 198 Å². The van der Waals surface area contributed by atoms with Gasteiger partial charge in [-0.3, -0.25) is 4.79 Å². The fraction of sp³-hybridized carbons (Fsp3) is 0.263. The van der Waals surface area contributed by atoms with Gasteiger partial charge in [0.1, 0.15) is 0 Å². The molecule has 0 unspecified atom stereocenters. The molecule has 0 radical (unpaired) electrons. The minimum absolute atomic E-state index is 0.0496. The van der Waals surface area contributed by atoms with Crippen molar-refractivity contribution in [3.63, 3.8) is 0 Å². The lowest BCUT2D eigenvalue weighted by molar-refractivity contribution is -0.348. The Hall–Kier alpha value is -2.40. The van der Waals surface area contributed by atoms with E-state index in [2.05, 4.69) is 42.5 Å². The number of hydrogen-bond donors (Lipinski definition) is 2. The number of hydrogen-bond acceptors (Lipinski definition) is 3. The largest absolute Gasteiger partial charge is 0.435 e. The third kappa shape index (κ3) is 5.40. The first-order valence-corrected chi connectivity index (χ1v) is 10.3. The van der Waals surface area contributed by atoms with Crippen LogP contribution >= 0.6 is 31.9 Å². The zero-order valence-corrected chi connectivity index (χ0v) is 19.1. The fourth-order valence-electron chi connectivity index (χ4n) is 2.66. The number of nitriles is 1. The summed E-state index contributed by atoms with van der Waals surface area (Å²) in [4.78, 5) is 12.5. The fourth-order valence-corrected chi connectivity index (χ4v) is 4.04. The number of halogens is 10. The van der Waals surface area contributed by atoms with Gasteiger partial charge < -0.3 is 10.6 Å². The zero-order chi connectivity index (χ0) is 25.2. The standard InChI is InChI=1S/C19H11Br2F8N3O/c20-11-7-9(17(23,18(24,25)26)19(27,28)29)8-12(21)15(11)32-16(33)10-3-1-4-13(14(10)22)31-6-2-5-30/h1,3-4,7-8,31H,2,6H2,(H,32,33). The second-order valence-corrected chi connectivity index (χ2v) is 8.13. The normalized spacial score (nSPS) is 12.3. The molecular weight excluding hydrogens is 598 g/mol. The Balaban J connectivity index is 2.43. The molecule has 0 aliphatic carbocycles. The van der Waals surface area contributed by atoms with Gasteiger partial charge in [-0.15, -0.1) is 0 Å². The molecule has 0 aromatic heterocycles. The number of alkyl halides is 7. The summed E-state index contributed by atoms with van der Waals surface area (Å²) >= 11 is 5.43. The van der Waals surface area contributed by atoms with Gasteiger partial charge in [0.15, 0.2) is 5.82 Å². The molecule has 0 aliphatic heterocycles. The van der Waals surface area contributed by atoms with Crippen LogP contribution in [0.1, 0.15) is 22.3 Å². The van der Waals surface area contributed by atoms with E-state index >= 15 is 0 Å². The second kappa shape index (κ2) is 9.84. The maximum atomic E-state index is 14.6. The summed E-state index contributed by atoms with van der Waals surface area (Å²) in [6.45, 7) is 0.0838. The smallest absolute Gasteiger partial charge is 0.382 e. The Morgan fingerprint density at radius 2 is 1.55 bits per heavy atom. The summed E-state index contributed by atoms with van der Waals surface area (Å²) in [7, 11) is 0. The number of nitrogens with one attached hydrogen (secondary N) is 2. The lowest BCUT2D eigenvalue weighted by Crippen LogP contribution is -2.50. The number of carbonyl (C=O) groups is 1. The van der Waals surface area contributed by atoms with Crippen LogP contribution in [0, 0.1) is 17.1 Å². The monoisotopic (exact) mass is 607 g/mol. The maximum Gasteiger partial charge on any atom is 0.435 e. The number of amides is 1. The topological polar surface area (TPSA) is 64.9 Å². The summed E-state index contributed by atoms with van der Waals surface area (Å²) in [5.74, 6) is -2.10. The maximum absolute atomic E-state index is 14.6. The van der Waals surface area contributed by atoms with Crippen molar-refractivity contribution < 1.29 is 39.9 Å². The summed E-state index contributed by atoms with van der Waals surface area (Å²) in [5, 5.41) is 13.3. The van der Waals surface area contributed by atoms with Crippen molar-refractivity contribution in [3.05, 3.63) is 56.2 Å². The van der Waals surface area contributed by atoms with Crippen LogP contribution in [0.5, 0.6) is 0 Å². The molecule has 0 heterocycles. The van der Waals surface area contributed by atoms with Gasteiger partial charge >= 0.3 is 18.0 Å². The molecule has 33 heavy (non-hydrogen) atoms. The van der Waals surface area contributed by atoms with Crippen LogP contribution in [0.25, 0.3) is 0 Å². The Morgan fingerprint density at radius 1 is 1.00 bits per heavy atom. The quantitative estimate of drug-likeness (QED) is 0.269. The predicted octanol–water partition coefficient (Wildman–Crippen LogP) is 7.22. The van der Waals surface area contributed by atoms with Crippen molar-refractivity contribution in [2.24, 2.45) is 0 Å². The lowest BCUT2D eigenvalue weighted by Gasteiger charge is -2.31. The number of carbonyl (C=O) groups excluding carboxylic acids is 1. The van der Waals surface area contributed by atoms with Crippen molar-refractivity contribution in [1.29, 1.82) is 5.26 Å². The van der Waals surface area contributed by atoms with Gasteiger partial charge in [-0.05, 0) is 56.1 Å². The molecule has 1 amide bonds. The molecule has 0 spiro atoms. The van der Waals surface area contributed by atoms with E-state index in [-0.39, 0.29) is 36.5 Å². The van der Waals surface area contributed by atoms with Gasteiger partial charge in [0.2, 0.25) is 0 Å². The molecule has 2 aromatic carbocycles. The van der Waals surface area contributed by atoms with E-state index in [9.17, 15) is 39.9 Å². The average molecular weight is 609 g/mol. The number of anilines is 2.